The number of Topliss-reactive ketones (excluding diaryl/α,β-unsaturated/α-hetero) is 1. The Hall–Kier alpha value is -2.39. The lowest BCUT2D eigenvalue weighted by Gasteiger charge is -2.13. The molecule has 1 atom stereocenters. The highest BCUT2D eigenvalue weighted by molar-refractivity contribution is 8.00. The Labute approximate surface area is 161 Å². The lowest BCUT2D eigenvalue weighted by molar-refractivity contribution is -0.143. The van der Waals surface area contributed by atoms with Crippen LogP contribution in [-0.2, 0) is 19.6 Å². The maximum atomic E-state index is 13.5. The monoisotopic (exact) mass is 411 g/mol. The van der Waals surface area contributed by atoms with Gasteiger partial charge in [0.2, 0.25) is 15.8 Å². The van der Waals surface area contributed by atoms with Crippen LogP contribution in [0.1, 0.15) is 17.3 Å². The zero-order valence-electron chi connectivity index (χ0n) is 14.6. The maximum absolute atomic E-state index is 13.5. The third-order valence-electron chi connectivity index (χ3n) is 3.33. The minimum Gasteiger partial charge on any atom is -0.454 e. The second kappa shape index (κ2) is 9.01. The summed E-state index contributed by atoms with van der Waals surface area (Å²) < 4.78 is 43.2. The van der Waals surface area contributed by atoms with Crippen LogP contribution in [0.3, 0.4) is 0 Å². The van der Waals surface area contributed by atoms with E-state index in [4.69, 9.17) is 4.74 Å². The number of carbonyl (C=O) groups excluding carboxylic acids is 2. The first-order chi connectivity index (χ1) is 12.7. The number of hydrogen-bond donors (Lipinski definition) is 1. The summed E-state index contributed by atoms with van der Waals surface area (Å²) in [6.45, 7) is 1.44. The van der Waals surface area contributed by atoms with Crippen LogP contribution in [0.4, 0.5) is 10.1 Å². The number of ether oxygens (including phenoxy) is 1. The number of hydrogen-bond acceptors (Lipinski definition) is 6. The largest absolute Gasteiger partial charge is 0.454 e. The summed E-state index contributed by atoms with van der Waals surface area (Å²) in [4.78, 5) is 24.5. The number of anilines is 1. The van der Waals surface area contributed by atoms with E-state index >= 15 is 0 Å². The molecule has 0 aliphatic rings. The van der Waals surface area contributed by atoms with Crippen LogP contribution in [0.25, 0.3) is 0 Å². The highest BCUT2D eigenvalue weighted by Gasteiger charge is 2.20. The van der Waals surface area contributed by atoms with E-state index in [1.54, 1.807) is 18.2 Å². The molecule has 2 aromatic carbocycles. The normalized spacial score (nSPS) is 12.3. The van der Waals surface area contributed by atoms with Gasteiger partial charge in [-0.25, -0.2) is 12.8 Å². The zero-order valence-corrected chi connectivity index (χ0v) is 16.3. The quantitative estimate of drug-likeness (QED) is 0.408. The molecular formula is C18H18FNO5S2. The summed E-state index contributed by atoms with van der Waals surface area (Å²) >= 11 is 0.986. The van der Waals surface area contributed by atoms with Crippen LogP contribution in [0.15, 0.2) is 53.4 Å². The Morgan fingerprint density at radius 2 is 1.78 bits per heavy atom. The topological polar surface area (TPSA) is 89.5 Å². The molecule has 0 bridgehead atoms. The van der Waals surface area contributed by atoms with Crippen LogP contribution in [0.2, 0.25) is 0 Å². The van der Waals surface area contributed by atoms with Crippen molar-refractivity contribution in [1.29, 1.82) is 0 Å². The lowest BCUT2D eigenvalue weighted by atomic mass is 10.1. The maximum Gasteiger partial charge on any atom is 0.316 e. The van der Waals surface area contributed by atoms with Crippen molar-refractivity contribution in [3.8, 4) is 0 Å². The minimum atomic E-state index is -3.41. The van der Waals surface area contributed by atoms with Crippen molar-refractivity contribution in [2.45, 2.75) is 17.9 Å². The summed E-state index contributed by atoms with van der Waals surface area (Å²) in [5.74, 6) is -1.62. The number of ketones is 1. The molecule has 0 saturated carbocycles. The molecule has 144 valence electrons. The van der Waals surface area contributed by atoms with Crippen molar-refractivity contribution < 1.29 is 27.1 Å². The average Bonchev–Trinajstić information content (AvgIpc) is 2.59. The first-order valence-corrected chi connectivity index (χ1v) is 10.7. The van der Waals surface area contributed by atoms with Crippen molar-refractivity contribution in [3.63, 3.8) is 0 Å². The highest BCUT2D eigenvalue weighted by Crippen LogP contribution is 2.21. The van der Waals surface area contributed by atoms with E-state index in [1.807, 2.05) is 0 Å². The van der Waals surface area contributed by atoms with Gasteiger partial charge in [0.15, 0.2) is 6.10 Å². The Kier molecular flexibility index (Phi) is 6.98. The van der Waals surface area contributed by atoms with Crippen LogP contribution < -0.4 is 4.72 Å². The average molecular weight is 411 g/mol. The van der Waals surface area contributed by atoms with Gasteiger partial charge in [-0.05, 0) is 43.3 Å². The van der Waals surface area contributed by atoms with Gasteiger partial charge in [-0.1, -0.05) is 12.1 Å². The molecule has 0 spiro atoms. The number of thioether (sulfide) groups is 1. The van der Waals surface area contributed by atoms with Gasteiger partial charge < -0.3 is 4.74 Å². The van der Waals surface area contributed by atoms with Crippen LogP contribution in [0, 0.1) is 5.82 Å². The van der Waals surface area contributed by atoms with Crippen molar-refractivity contribution in [3.05, 3.63) is 59.9 Å². The SMILES string of the molecule is C[C@H](OC(=O)CSc1ccccc1F)C(=O)c1ccc(NS(C)(=O)=O)cc1. The smallest absolute Gasteiger partial charge is 0.316 e. The fraction of sp³-hybridized carbons (Fsp3) is 0.222. The number of sulfonamides is 1. The Morgan fingerprint density at radius 1 is 1.15 bits per heavy atom. The molecule has 0 aliphatic carbocycles. The van der Waals surface area contributed by atoms with Gasteiger partial charge in [0, 0.05) is 16.1 Å². The third-order valence-corrected chi connectivity index (χ3v) is 4.96. The van der Waals surface area contributed by atoms with Gasteiger partial charge in [-0.3, -0.25) is 14.3 Å². The summed E-state index contributed by atoms with van der Waals surface area (Å²) in [5, 5.41) is 0. The molecule has 2 aromatic rings. The van der Waals surface area contributed by atoms with E-state index in [1.165, 1.54) is 37.3 Å². The van der Waals surface area contributed by atoms with Gasteiger partial charge in [0.1, 0.15) is 5.82 Å². The van der Waals surface area contributed by atoms with Crippen molar-refractivity contribution in [1.82, 2.24) is 0 Å². The molecule has 0 aromatic heterocycles. The predicted octanol–water partition coefficient (Wildman–Crippen LogP) is 3.10. The van der Waals surface area contributed by atoms with Crippen LogP contribution in [0.5, 0.6) is 0 Å². The first kappa shape index (κ1) is 20.9. The molecule has 0 fully saturated rings. The Morgan fingerprint density at radius 3 is 2.37 bits per heavy atom. The third kappa shape index (κ3) is 6.69. The van der Waals surface area contributed by atoms with Crippen molar-refractivity contribution in [2.24, 2.45) is 0 Å². The first-order valence-electron chi connectivity index (χ1n) is 7.84. The number of halogens is 1. The van der Waals surface area contributed by atoms with E-state index in [-0.39, 0.29) is 11.3 Å². The molecular weight excluding hydrogens is 393 g/mol. The fourth-order valence-corrected chi connectivity index (χ4v) is 3.42. The molecule has 27 heavy (non-hydrogen) atoms. The van der Waals surface area contributed by atoms with E-state index in [0.29, 0.717) is 10.6 Å². The molecule has 0 aliphatic heterocycles. The molecule has 0 unspecified atom stereocenters. The van der Waals surface area contributed by atoms with E-state index < -0.39 is 33.7 Å². The molecule has 0 heterocycles. The fourth-order valence-electron chi connectivity index (χ4n) is 2.13. The van der Waals surface area contributed by atoms with Gasteiger partial charge in [0.05, 0.1) is 12.0 Å². The number of benzene rings is 2. The number of nitrogens with one attached hydrogen (secondary N) is 1. The van der Waals surface area contributed by atoms with E-state index in [2.05, 4.69) is 4.72 Å². The highest BCUT2D eigenvalue weighted by atomic mass is 32.2. The van der Waals surface area contributed by atoms with Crippen molar-refractivity contribution in [2.75, 3.05) is 16.7 Å². The zero-order chi connectivity index (χ0) is 20.0. The number of esters is 1. The molecule has 0 radical (unpaired) electrons. The molecule has 2 rings (SSSR count). The number of carbonyl (C=O) groups is 2. The van der Waals surface area contributed by atoms with Gasteiger partial charge in [0.25, 0.3) is 0 Å². The molecule has 0 saturated heterocycles. The van der Waals surface area contributed by atoms with Crippen molar-refractivity contribution >= 4 is 39.2 Å². The Balaban J connectivity index is 1.91. The second-order valence-corrected chi connectivity index (χ2v) is 8.43. The molecule has 0 amide bonds. The standard InChI is InChI=1S/C18H18FNO5S2/c1-12(25-17(21)11-26-16-6-4-3-5-15(16)19)18(22)13-7-9-14(10-8-13)20-27(2,23)24/h3-10,12,20H,11H2,1-2H3/t12-/m0/s1. The minimum absolute atomic E-state index is 0.129. The summed E-state index contributed by atoms with van der Waals surface area (Å²) in [5.41, 5.74) is 0.594. The number of rotatable bonds is 8. The molecule has 1 N–H and O–H groups in total. The summed E-state index contributed by atoms with van der Waals surface area (Å²) in [6, 6.07) is 11.8. The van der Waals surface area contributed by atoms with Gasteiger partial charge in [-0.2, -0.15) is 0 Å². The molecule has 9 heteroatoms. The predicted molar refractivity (Wildman–Crippen MR) is 102 cm³/mol. The van der Waals surface area contributed by atoms with Gasteiger partial charge >= 0.3 is 5.97 Å². The Bertz CT molecular complexity index is 929. The summed E-state index contributed by atoms with van der Waals surface area (Å²) in [7, 11) is -3.41. The van der Waals surface area contributed by atoms with E-state index in [9.17, 15) is 22.4 Å². The molecule has 6 nitrogen and oxygen atoms in total. The van der Waals surface area contributed by atoms with Crippen LogP contribution >= 0.6 is 11.8 Å². The summed E-state index contributed by atoms with van der Waals surface area (Å²) in [6.07, 6.45) is -0.000143. The van der Waals surface area contributed by atoms with E-state index in [0.717, 1.165) is 18.0 Å². The van der Waals surface area contributed by atoms with Crippen LogP contribution in [-0.4, -0.2) is 38.3 Å². The van der Waals surface area contributed by atoms with Gasteiger partial charge in [-0.15, -0.1) is 11.8 Å². The second-order valence-electron chi connectivity index (χ2n) is 5.67. The lowest BCUT2D eigenvalue weighted by Crippen LogP contribution is -2.25.